The average molecular weight is 270 g/mol. The summed E-state index contributed by atoms with van der Waals surface area (Å²) in [4.78, 5) is 5.18. The van der Waals surface area contributed by atoms with E-state index in [0.29, 0.717) is 18.1 Å². The highest BCUT2D eigenvalue weighted by molar-refractivity contribution is 7.11. The van der Waals surface area contributed by atoms with E-state index in [1.165, 1.54) is 11.5 Å². The quantitative estimate of drug-likeness (QED) is 0.873. The van der Waals surface area contributed by atoms with Crippen LogP contribution >= 0.6 is 22.9 Å². The Morgan fingerprint density at radius 2 is 2.35 bits per heavy atom. The molecule has 17 heavy (non-hydrogen) atoms. The summed E-state index contributed by atoms with van der Waals surface area (Å²) in [5.74, 6) is 1.09. The van der Waals surface area contributed by atoms with Gasteiger partial charge in [0.1, 0.15) is 0 Å². The Kier molecular flexibility index (Phi) is 3.80. The van der Waals surface area contributed by atoms with Crippen molar-refractivity contribution in [1.29, 1.82) is 0 Å². The number of aromatic nitrogens is 2. The smallest absolute Gasteiger partial charge is 0.197 e. The van der Waals surface area contributed by atoms with Gasteiger partial charge in [0.05, 0.1) is 18.2 Å². The SMILES string of the molecule is CC(C)Oc1c(N)nsc1NCc1cncs1. The van der Waals surface area contributed by atoms with E-state index >= 15 is 0 Å². The van der Waals surface area contributed by atoms with Crippen LogP contribution in [0.3, 0.4) is 0 Å². The number of rotatable bonds is 5. The van der Waals surface area contributed by atoms with E-state index in [-0.39, 0.29) is 6.10 Å². The lowest BCUT2D eigenvalue weighted by atomic mass is 10.4. The molecule has 0 spiro atoms. The van der Waals surface area contributed by atoms with Gasteiger partial charge in [-0.3, -0.25) is 4.98 Å². The third kappa shape index (κ3) is 3.07. The number of nitrogen functional groups attached to an aromatic ring is 1. The molecule has 0 aromatic carbocycles. The third-order valence-electron chi connectivity index (χ3n) is 1.93. The van der Waals surface area contributed by atoms with E-state index in [1.807, 2.05) is 25.6 Å². The van der Waals surface area contributed by atoms with Gasteiger partial charge in [-0.05, 0) is 25.4 Å². The van der Waals surface area contributed by atoms with Crippen molar-refractivity contribution < 1.29 is 4.74 Å². The Morgan fingerprint density at radius 3 is 3.00 bits per heavy atom. The van der Waals surface area contributed by atoms with Gasteiger partial charge in [-0.2, -0.15) is 4.37 Å². The van der Waals surface area contributed by atoms with Crippen LogP contribution in [0.15, 0.2) is 11.7 Å². The Labute approximate surface area is 108 Å². The second-order valence-electron chi connectivity index (χ2n) is 3.71. The molecule has 2 aromatic rings. The molecule has 0 saturated carbocycles. The minimum atomic E-state index is 0.0812. The molecule has 7 heteroatoms. The van der Waals surface area contributed by atoms with Gasteiger partial charge in [0.2, 0.25) is 0 Å². The highest BCUT2D eigenvalue weighted by Crippen LogP contribution is 2.36. The maximum absolute atomic E-state index is 5.76. The van der Waals surface area contributed by atoms with E-state index in [9.17, 15) is 0 Å². The summed E-state index contributed by atoms with van der Waals surface area (Å²) in [5.41, 5.74) is 7.57. The molecule has 0 amide bonds. The van der Waals surface area contributed by atoms with Crippen LogP contribution in [0.5, 0.6) is 5.75 Å². The molecule has 2 rings (SSSR count). The topological polar surface area (TPSA) is 73.1 Å². The molecule has 0 aliphatic rings. The molecule has 92 valence electrons. The molecule has 0 radical (unpaired) electrons. The summed E-state index contributed by atoms with van der Waals surface area (Å²) < 4.78 is 9.72. The number of nitrogens with two attached hydrogens (primary N) is 1. The Bertz CT molecular complexity index is 467. The van der Waals surface area contributed by atoms with Crippen molar-refractivity contribution in [2.45, 2.75) is 26.5 Å². The van der Waals surface area contributed by atoms with E-state index in [2.05, 4.69) is 14.7 Å². The van der Waals surface area contributed by atoms with Crippen LogP contribution < -0.4 is 15.8 Å². The molecule has 0 atom stereocenters. The predicted octanol–water partition coefficient (Wildman–Crippen LogP) is 2.58. The minimum absolute atomic E-state index is 0.0812. The predicted molar refractivity (Wildman–Crippen MR) is 71.7 cm³/mol. The van der Waals surface area contributed by atoms with Crippen molar-refractivity contribution in [3.8, 4) is 5.75 Å². The molecule has 0 bridgehead atoms. The summed E-state index contributed by atoms with van der Waals surface area (Å²) in [5, 5.41) is 4.13. The van der Waals surface area contributed by atoms with Crippen molar-refractivity contribution in [3.63, 3.8) is 0 Å². The lowest BCUT2D eigenvalue weighted by Gasteiger charge is -2.11. The molecule has 0 unspecified atom stereocenters. The lowest BCUT2D eigenvalue weighted by molar-refractivity contribution is 0.245. The first-order valence-electron chi connectivity index (χ1n) is 5.20. The van der Waals surface area contributed by atoms with E-state index in [1.54, 1.807) is 11.3 Å². The summed E-state index contributed by atoms with van der Waals surface area (Å²) >= 11 is 2.92. The first kappa shape index (κ1) is 12.1. The zero-order valence-corrected chi connectivity index (χ0v) is 11.3. The molecule has 0 saturated heterocycles. The number of hydrogen-bond acceptors (Lipinski definition) is 7. The van der Waals surface area contributed by atoms with E-state index in [4.69, 9.17) is 10.5 Å². The van der Waals surface area contributed by atoms with Crippen LogP contribution in [0, 0.1) is 0 Å². The van der Waals surface area contributed by atoms with Gasteiger partial charge < -0.3 is 15.8 Å². The fourth-order valence-corrected chi connectivity index (χ4v) is 2.43. The minimum Gasteiger partial charge on any atom is -0.484 e. The first-order chi connectivity index (χ1) is 8.16. The average Bonchev–Trinajstić information content (AvgIpc) is 2.88. The van der Waals surface area contributed by atoms with Crippen molar-refractivity contribution in [2.24, 2.45) is 0 Å². The monoisotopic (exact) mass is 270 g/mol. The molecule has 0 aliphatic carbocycles. The van der Waals surface area contributed by atoms with Gasteiger partial charge >= 0.3 is 0 Å². The van der Waals surface area contributed by atoms with Gasteiger partial charge in [-0.25, -0.2) is 0 Å². The van der Waals surface area contributed by atoms with Crippen LogP contribution in [-0.2, 0) is 6.54 Å². The van der Waals surface area contributed by atoms with Crippen LogP contribution in [0.2, 0.25) is 0 Å². The highest BCUT2D eigenvalue weighted by Gasteiger charge is 2.14. The second kappa shape index (κ2) is 5.33. The van der Waals surface area contributed by atoms with Crippen LogP contribution in [-0.4, -0.2) is 15.5 Å². The zero-order valence-electron chi connectivity index (χ0n) is 9.64. The fourth-order valence-electron chi connectivity index (χ4n) is 1.25. The van der Waals surface area contributed by atoms with Gasteiger partial charge in [0, 0.05) is 11.1 Å². The molecule has 0 aliphatic heterocycles. The summed E-state index contributed by atoms with van der Waals surface area (Å²) in [7, 11) is 0. The molecule has 2 aromatic heterocycles. The fraction of sp³-hybridized carbons (Fsp3) is 0.400. The molecule has 5 nitrogen and oxygen atoms in total. The Morgan fingerprint density at radius 1 is 1.53 bits per heavy atom. The summed E-state index contributed by atoms with van der Waals surface area (Å²) in [6, 6.07) is 0. The largest absolute Gasteiger partial charge is 0.484 e. The van der Waals surface area contributed by atoms with Crippen LogP contribution in [0.1, 0.15) is 18.7 Å². The second-order valence-corrected chi connectivity index (χ2v) is 5.46. The molecular formula is C10H14N4OS2. The van der Waals surface area contributed by atoms with Gasteiger partial charge in [0.25, 0.3) is 0 Å². The van der Waals surface area contributed by atoms with Crippen LogP contribution in [0.25, 0.3) is 0 Å². The number of thiazole rings is 1. The zero-order chi connectivity index (χ0) is 12.3. The Hall–Kier alpha value is -1.34. The van der Waals surface area contributed by atoms with E-state index < -0.39 is 0 Å². The normalized spacial score (nSPS) is 10.8. The van der Waals surface area contributed by atoms with E-state index in [0.717, 1.165) is 9.88 Å². The number of nitrogens with zero attached hydrogens (tertiary/aromatic N) is 2. The van der Waals surface area contributed by atoms with Gasteiger partial charge in [-0.1, -0.05) is 0 Å². The van der Waals surface area contributed by atoms with Gasteiger partial charge in [0.15, 0.2) is 16.6 Å². The molecule has 0 fully saturated rings. The van der Waals surface area contributed by atoms with Crippen LogP contribution in [0.4, 0.5) is 10.8 Å². The lowest BCUT2D eigenvalue weighted by Crippen LogP contribution is -2.08. The highest BCUT2D eigenvalue weighted by atomic mass is 32.1. The van der Waals surface area contributed by atoms with Crippen molar-refractivity contribution in [3.05, 3.63) is 16.6 Å². The van der Waals surface area contributed by atoms with Crippen molar-refractivity contribution in [2.75, 3.05) is 11.1 Å². The number of hydrogen-bond donors (Lipinski definition) is 2. The Balaban J connectivity index is 2.05. The maximum atomic E-state index is 5.76. The van der Waals surface area contributed by atoms with Crippen molar-refractivity contribution in [1.82, 2.24) is 9.36 Å². The number of anilines is 2. The summed E-state index contributed by atoms with van der Waals surface area (Å²) in [6.07, 6.45) is 1.92. The number of ether oxygens (including phenoxy) is 1. The summed E-state index contributed by atoms with van der Waals surface area (Å²) in [6.45, 7) is 4.63. The molecule has 2 heterocycles. The molecule has 3 N–H and O–H groups in total. The maximum Gasteiger partial charge on any atom is 0.197 e. The van der Waals surface area contributed by atoms with Gasteiger partial charge in [-0.15, -0.1) is 11.3 Å². The first-order valence-corrected chi connectivity index (χ1v) is 6.85. The molecular weight excluding hydrogens is 256 g/mol. The standard InChI is InChI=1S/C10H14N4OS2/c1-6(2)15-8-9(11)14-17-10(8)13-4-7-3-12-5-16-7/h3,5-6,13H,4H2,1-2H3,(H2,11,14). The third-order valence-corrected chi connectivity index (χ3v) is 3.51. The van der Waals surface area contributed by atoms with Crippen molar-refractivity contribution >= 4 is 33.7 Å². The number of nitrogens with one attached hydrogen (secondary N) is 1.